The Morgan fingerprint density at radius 3 is 2.67 bits per heavy atom. The quantitative estimate of drug-likeness (QED) is 0.644. The van der Waals surface area contributed by atoms with Crippen molar-refractivity contribution in [1.29, 1.82) is 0 Å². The van der Waals surface area contributed by atoms with Crippen LogP contribution in [0.15, 0.2) is 53.2 Å². The number of rotatable bonds is 7. The molecule has 0 saturated carbocycles. The highest BCUT2D eigenvalue weighted by Crippen LogP contribution is 2.28. The lowest BCUT2D eigenvalue weighted by molar-refractivity contribution is -0.120. The first-order chi connectivity index (χ1) is 13.3. The summed E-state index contributed by atoms with van der Waals surface area (Å²) in [5, 5.41) is 8.17. The van der Waals surface area contributed by atoms with E-state index in [2.05, 4.69) is 45.5 Å². The lowest BCUT2D eigenvalue weighted by Gasteiger charge is -2.28. The lowest BCUT2D eigenvalue weighted by atomic mass is 10.1. The van der Waals surface area contributed by atoms with Crippen molar-refractivity contribution < 1.29 is 4.79 Å². The number of thiazole rings is 1. The van der Waals surface area contributed by atoms with Crippen molar-refractivity contribution in [1.82, 2.24) is 15.2 Å². The van der Waals surface area contributed by atoms with E-state index >= 15 is 0 Å². The van der Waals surface area contributed by atoms with E-state index in [1.807, 2.05) is 22.9 Å². The maximum absolute atomic E-state index is 12.5. The molecule has 1 aliphatic heterocycles. The summed E-state index contributed by atoms with van der Waals surface area (Å²) in [5.74, 6) is 0.0400. The zero-order valence-electron chi connectivity index (χ0n) is 15.1. The summed E-state index contributed by atoms with van der Waals surface area (Å²) in [7, 11) is 0. The number of hydrogen-bond acceptors (Lipinski definition) is 5. The van der Waals surface area contributed by atoms with Gasteiger partial charge in [0.25, 0.3) is 0 Å². The molecule has 1 aliphatic rings. The van der Waals surface area contributed by atoms with Crippen LogP contribution in [-0.2, 0) is 11.2 Å². The fraction of sp³-hybridized carbons (Fsp3) is 0.333. The van der Waals surface area contributed by atoms with Gasteiger partial charge in [-0.3, -0.25) is 9.69 Å². The first kappa shape index (κ1) is 18.3. The summed E-state index contributed by atoms with van der Waals surface area (Å²) in [4.78, 5) is 20.7. The van der Waals surface area contributed by atoms with E-state index in [0.29, 0.717) is 13.0 Å². The van der Waals surface area contributed by atoms with Crippen LogP contribution in [0, 0.1) is 0 Å². The summed E-state index contributed by atoms with van der Waals surface area (Å²) >= 11 is 3.28. The monoisotopic (exact) mass is 397 g/mol. The molecular weight excluding hydrogens is 374 g/mol. The molecule has 6 heteroatoms. The van der Waals surface area contributed by atoms with E-state index in [4.69, 9.17) is 0 Å². The number of aromatic nitrogens is 1. The van der Waals surface area contributed by atoms with Crippen molar-refractivity contribution in [2.75, 3.05) is 19.6 Å². The summed E-state index contributed by atoms with van der Waals surface area (Å²) in [5.41, 5.74) is 2.12. The Morgan fingerprint density at radius 2 is 1.93 bits per heavy atom. The van der Waals surface area contributed by atoms with Gasteiger partial charge in [-0.25, -0.2) is 4.98 Å². The molecule has 4 nitrogen and oxygen atoms in total. The lowest BCUT2D eigenvalue weighted by Crippen LogP contribution is -2.37. The maximum atomic E-state index is 12.5. The Labute approximate surface area is 167 Å². The standard InChI is InChI=1S/C21H23N3OS2/c25-20(13-17-15-27-21(23-17)19-9-6-12-26-19)22-14-18(24-10-4-5-11-24)16-7-2-1-3-8-16/h1-3,6-9,12,15,18H,4-5,10-11,13-14H2,(H,22,25). The molecular formula is C21H23N3OS2. The van der Waals surface area contributed by atoms with Crippen LogP contribution in [0.5, 0.6) is 0 Å². The van der Waals surface area contributed by atoms with E-state index in [0.717, 1.165) is 28.7 Å². The number of likely N-dealkylation sites (tertiary alicyclic amines) is 1. The average molecular weight is 398 g/mol. The molecule has 1 N–H and O–H groups in total. The minimum Gasteiger partial charge on any atom is -0.354 e. The van der Waals surface area contributed by atoms with Gasteiger partial charge in [-0.1, -0.05) is 36.4 Å². The van der Waals surface area contributed by atoms with Crippen LogP contribution in [0.2, 0.25) is 0 Å². The first-order valence-corrected chi connectivity index (χ1v) is 11.1. The van der Waals surface area contributed by atoms with Crippen molar-refractivity contribution in [2.45, 2.75) is 25.3 Å². The van der Waals surface area contributed by atoms with E-state index < -0.39 is 0 Å². The average Bonchev–Trinajstić information content (AvgIpc) is 3.45. The highest BCUT2D eigenvalue weighted by Gasteiger charge is 2.23. The Bertz CT molecular complexity index is 855. The number of thiophene rings is 1. The Balaban J connectivity index is 1.37. The third-order valence-electron chi connectivity index (χ3n) is 4.88. The van der Waals surface area contributed by atoms with Crippen molar-refractivity contribution in [2.24, 2.45) is 0 Å². The van der Waals surface area contributed by atoms with Gasteiger partial charge in [-0.05, 0) is 42.9 Å². The van der Waals surface area contributed by atoms with Gasteiger partial charge in [0.2, 0.25) is 5.91 Å². The molecule has 1 unspecified atom stereocenters. The largest absolute Gasteiger partial charge is 0.354 e. The smallest absolute Gasteiger partial charge is 0.226 e. The molecule has 27 heavy (non-hydrogen) atoms. The van der Waals surface area contributed by atoms with Gasteiger partial charge in [0.15, 0.2) is 0 Å². The van der Waals surface area contributed by atoms with Crippen LogP contribution < -0.4 is 5.32 Å². The molecule has 1 saturated heterocycles. The predicted molar refractivity (Wildman–Crippen MR) is 112 cm³/mol. The van der Waals surface area contributed by atoms with Gasteiger partial charge in [-0.15, -0.1) is 22.7 Å². The van der Waals surface area contributed by atoms with E-state index in [9.17, 15) is 4.79 Å². The third-order valence-corrected chi connectivity index (χ3v) is 6.81. The molecule has 140 valence electrons. The number of benzene rings is 1. The fourth-order valence-electron chi connectivity index (χ4n) is 3.53. The molecule has 1 amide bonds. The van der Waals surface area contributed by atoms with Crippen LogP contribution in [-0.4, -0.2) is 35.4 Å². The molecule has 1 atom stereocenters. The second kappa shape index (κ2) is 8.78. The van der Waals surface area contributed by atoms with Gasteiger partial charge in [0, 0.05) is 11.9 Å². The number of hydrogen-bond donors (Lipinski definition) is 1. The molecule has 0 radical (unpaired) electrons. The Kier molecular flexibility index (Phi) is 5.97. The topological polar surface area (TPSA) is 45.2 Å². The molecule has 0 bridgehead atoms. The SMILES string of the molecule is O=C(Cc1csc(-c2cccs2)n1)NCC(c1ccccc1)N1CCCC1. The zero-order chi connectivity index (χ0) is 18.5. The predicted octanol–water partition coefficient (Wildman–Crippen LogP) is 4.37. The number of amides is 1. The van der Waals surface area contributed by atoms with Crippen LogP contribution in [0.4, 0.5) is 0 Å². The Hall–Kier alpha value is -2.02. The first-order valence-electron chi connectivity index (χ1n) is 9.33. The molecule has 1 aromatic carbocycles. The second-order valence-corrected chi connectivity index (χ2v) is 8.58. The molecule has 0 spiro atoms. The van der Waals surface area contributed by atoms with E-state index in [1.165, 1.54) is 18.4 Å². The van der Waals surface area contributed by atoms with Gasteiger partial charge in [-0.2, -0.15) is 0 Å². The summed E-state index contributed by atoms with van der Waals surface area (Å²) < 4.78 is 0. The molecule has 0 aliphatic carbocycles. The van der Waals surface area contributed by atoms with Crippen LogP contribution in [0.25, 0.3) is 9.88 Å². The van der Waals surface area contributed by atoms with Crippen LogP contribution in [0.1, 0.15) is 30.1 Å². The number of carbonyl (C=O) groups excluding carboxylic acids is 1. The van der Waals surface area contributed by atoms with Gasteiger partial charge < -0.3 is 5.32 Å². The van der Waals surface area contributed by atoms with Crippen molar-refractivity contribution in [3.8, 4) is 9.88 Å². The van der Waals surface area contributed by atoms with Crippen molar-refractivity contribution in [3.05, 3.63) is 64.5 Å². The molecule has 3 aromatic rings. The zero-order valence-corrected chi connectivity index (χ0v) is 16.8. The number of nitrogens with zero attached hydrogens (tertiary/aromatic N) is 2. The molecule has 2 aromatic heterocycles. The van der Waals surface area contributed by atoms with Gasteiger partial charge >= 0.3 is 0 Å². The minimum absolute atomic E-state index is 0.0400. The fourth-order valence-corrected chi connectivity index (χ4v) is 5.16. The summed E-state index contributed by atoms with van der Waals surface area (Å²) in [6.07, 6.45) is 2.81. The normalized spacial score (nSPS) is 15.7. The minimum atomic E-state index is 0.0400. The third kappa shape index (κ3) is 4.64. The Morgan fingerprint density at radius 1 is 1.11 bits per heavy atom. The molecule has 3 heterocycles. The van der Waals surface area contributed by atoms with Gasteiger partial charge in [0.1, 0.15) is 5.01 Å². The van der Waals surface area contributed by atoms with E-state index in [1.54, 1.807) is 22.7 Å². The van der Waals surface area contributed by atoms with Crippen molar-refractivity contribution in [3.63, 3.8) is 0 Å². The second-order valence-electron chi connectivity index (χ2n) is 6.77. The highest BCUT2D eigenvalue weighted by atomic mass is 32.1. The highest BCUT2D eigenvalue weighted by molar-refractivity contribution is 7.20. The number of nitrogens with one attached hydrogen (secondary N) is 1. The summed E-state index contributed by atoms with van der Waals surface area (Å²) in [6, 6.07) is 14.8. The summed E-state index contributed by atoms with van der Waals surface area (Å²) in [6.45, 7) is 2.85. The van der Waals surface area contributed by atoms with Gasteiger partial charge in [0.05, 0.1) is 23.0 Å². The van der Waals surface area contributed by atoms with Crippen LogP contribution in [0.3, 0.4) is 0 Å². The number of carbonyl (C=O) groups is 1. The van der Waals surface area contributed by atoms with Crippen molar-refractivity contribution >= 4 is 28.6 Å². The molecule has 4 rings (SSSR count). The van der Waals surface area contributed by atoms with E-state index in [-0.39, 0.29) is 11.9 Å². The van der Waals surface area contributed by atoms with Crippen LogP contribution >= 0.6 is 22.7 Å². The maximum Gasteiger partial charge on any atom is 0.226 e. The molecule has 1 fully saturated rings.